The number of aliphatic hydroxyl groups excluding tert-OH is 3. The average Bonchev–Trinajstić information content (AvgIpc) is 3.28. The highest BCUT2D eigenvalue weighted by atomic mass is 32.2. The molecule has 376 valence electrons. The lowest BCUT2D eigenvalue weighted by Crippen LogP contribution is -2.60. The predicted octanol–water partition coefficient (Wildman–Crippen LogP) is 11.0. The first kappa shape index (κ1) is 60.6. The van der Waals surface area contributed by atoms with E-state index in [1.807, 2.05) is 18.2 Å². The van der Waals surface area contributed by atoms with Gasteiger partial charge in [0.2, 0.25) is 0 Å². The number of unbranched alkanes of at least 4 members (excludes halogenated alkanes) is 12. The number of esters is 2. The standard InChI is InChI=1S/C53H86O12S/c1-3-5-7-9-11-13-15-17-19-21-23-25-27-29-31-33-35-37-39-41-48(54)62-43-46(44-63-53-52(58)51(57)50(56)47(65-53)45-66(59,60)61)64-49(55)42-40-38-36-34-32-30-28-26-24-22-20-18-16-14-12-10-8-6-4-2/h6,8,11-14,17-20,24,26,30,32,36,38,46-47,50-53,56-58H,3-5,7,9-10,15-16,21-23,25,27-29,31,33-35,37,39-45H2,1-2H3,(H,59,60,61)/b8-6-,13-11-,14-12-,19-17-,20-18-,26-24-,32-30-,38-36-. The Balaban J connectivity index is 2.46. The van der Waals surface area contributed by atoms with Gasteiger partial charge in [0.05, 0.1) is 6.61 Å². The van der Waals surface area contributed by atoms with Gasteiger partial charge >= 0.3 is 11.9 Å². The highest BCUT2D eigenvalue weighted by Crippen LogP contribution is 2.24. The minimum Gasteiger partial charge on any atom is -0.462 e. The van der Waals surface area contributed by atoms with Gasteiger partial charge in [-0.3, -0.25) is 14.1 Å². The fraction of sp³-hybridized carbons (Fsp3) is 0.660. The molecule has 0 aromatic rings. The van der Waals surface area contributed by atoms with Gasteiger partial charge in [0.25, 0.3) is 10.1 Å². The number of hydrogen-bond donors (Lipinski definition) is 4. The number of rotatable bonds is 40. The van der Waals surface area contributed by atoms with E-state index in [4.69, 9.17) is 18.9 Å². The van der Waals surface area contributed by atoms with Crippen molar-refractivity contribution in [2.45, 2.75) is 205 Å². The second-order valence-corrected chi connectivity index (χ2v) is 18.2. The Bertz CT molecular complexity index is 1580. The van der Waals surface area contributed by atoms with Crippen LogP contribution in [-0.4, -0.2) is 96.0 Å². The van der Waals surface area contributed by atoms with E-state index in [1.54, 1.807) is 0 Å². The molecule has 0 saturated carbocycles. The molecule has 1 saturated heterocycles. The fourth-order valence-electron chi connectivity index (χ4n) is 6.85. The van der Waals surface area contributed by atoms with Crippen LogP contribution in [0.3, 0.4) is 0 Å². The molecule has 1 heterocycles. The zero-order valence-corrected chi connectivity index (χ0v) is 41.1. The summed E-state index contributed by atoms with van der Waals surface area (Å²) in [5, 5.41) is 30.9. The molecule has 0 aliphatic carbocycles. The Morgan fingerprint density at radius 3 is 1.48 bits per heavy atom. The summed E-state index contributed by atoms with van der Waals surface area (Å²) in [6, 6.07) is 0. The first-order chi connectivity index (χ1) is 32.0. The maximum absolute atomic E-state index is 12.8. The normalized spacial score (nSPS) is 20.2. The maximum Gasteiger partial charge on any atom is 0.306 e. The second kappa shape index (κ2) is 41.7. The van der Waals surface area contributed by atoms with Gasteiger partial charge in [-0.05, 0) is 83.5 Å². The molecule has 6 atom stereocenters. The molecular formula is C53H86O12S. The molecule has 0 amide bonds. The van der Waals surface area contributed by atoms with Gasteiger partial charge in [0.1, 0.15) is 36.8 Å². The van der Waals surface area contributed by atoms with E-state index in [0.29, 0.717) is 19.3 Å². The summed E-state index contributed by atoms with van der Waals surface area (Å²) in [6.45, 7) is 3.56. The molecule has 1 rings (SSSR count). The molecular weight excluding hydrogens is 861 g/mol. The molecule has 1 aliphatic rings. The number of ether oxygens (including phenoxy) is 4. The SMILES string of the molecule is CC/C=C\C/C=C\C/C=C\C/C=C\C/C=C\C/C=C\CCC(=O)OC(COC(=O)CCCCCCCCCCC/C=C\C/C=C\CCCCC)COC1OC(CS(=O)(=O)O)C(O)C(O)C1O. The van der Waals surface area contributed by atoms with E-state index in [9.17, 15) is 37.9 Å². The quantitative estimate of drug-likeness (QED) is 0.0197. The third-order valence-corrected chi connectivity index (χ3v) is 11.4. The van der Waals surface area contributed by atoms with Crippen LogP contribution in [0, 0.1) is 0 Å². The molecule has 6 unspecified atom stereocenters. The number of carbonyl (C=O) groups excluding carboxylic acids is 2. The van der Waals surface area contributed by atoms with Crippen LogP contribution in [0.25, 0.3) is 0 Å². The third kappa shape index (κ3) is 35.7. The second-order valence-electron chi connectivity index (χ2n) is 16.7. The van der Waals surface area contributed by atoms with Crippen LogP contribution >= 0.6 is 0 Å². The van der Waals surface area contributed by atoms with Crippen LogP contribution in [0.4, 0.5) is 0 Å². The molecule has 1 fully saturated rings. The van der Waals surface area contributed by atoms with E-state index in [2.05, 4.69) is 92.8 Å². The Hall–Kier alpha value is -3.43. The first-order valence-corrected chi connectivity index (χ1v) is 26.4. The van der Waals surface area contributed by atoms with E-state index >= 15 is 0 Å². The molecule has 66 heavy (non-hydrogen) atoms. The van der Waals surface area contributed by atoms with Crippen molar-refractivity contribution in [3.8, 4) is 0 Å². The lowest BCUT2D eigenvalue weighted by atomic mass is 10.00. The van der Waals surface area contributed by atoms with E-state index < -0.39 is 71.2 Å². The van der Waals surface area contributed by atoms with Crippen LogP contribution in [0.2, 0.25) is 0 Å². The van der Waals surface area contributed by atoms with Gasteiger partial charge in [-0.2, -0.15) is 8.42 Å². The summed E-state index contributed by atoms with van der Waals surface area (Å²) in [5.74, 6) is -2.11. The van der Waals surface area contributed by atoms with Gasteiger partial charge in [0, 0.05) is 12.8 Å². The van der Waals surface area contributed by atoms with Gasteiger partial charge < -0.3 is 34.3 Å². The van der Waals surface area contributed by atoms with Crippen LogP contribution < -0.4 is 0 Å². The molecule has 0 spiro atoms. The lowest BCUT2D eigenvalue weighted by Gasteiger charge is -2.40. The Kier molecular flexibility index (Phi) is 38.3. The van der Waals surface area contributed by atoms with Crippen molar-refractivity contribution in [1.82, 2.24) is 0 Å². The Morgan fingerprint density at radius 2 is 0.985 bits per heavy atom. The van der Waals surface area contributed by atoms with Crippen molar-refractivity contribution in [3.63, 3.8) is 0 Å². The molecule has 0 aromatic heterocycles. The lowest BCUT2D eigenvalue weighted by molar-refractivity contribution is -0.297. The molecule has 13 heteroatoms. The van der Waals surface area contributed by atoms with Crippen molar-refractivity contribution in [2.24, 2.45) is 0 Å². The number of hydrogen-bond acceptors (Lipinski definition) is 11. The summed E-state index contributed by atoms with van der Waals surface area (Å²) < 4.78 is 54.1. The third-order valence-electron chi connectivity index (χ3n) is 10.7. The topological polar surface area (TPSA) is 186 Å². The molecule has 12 nitrogen and oxygen atoms in total. The van der Waals surface area contributed by atoms with Crippen molar-refractivity contribution in [3.05, 3.63) is 97.2 Å². The van der Waals surface area contributed by atoms with Gasteiger partial charge in [-0.25, -0.2) is 0 Å². The molecule has 0 bridgehead atoms. The van der Waals surface area contributed by atoms with Crippen molar-refractivity contribution >= 4 is 22.1 Å². The summed E-state index contributed by atoms with van der Waals surface area (Å²) >= 11 is 0. The Morgan fingerprint density at radius 1 is 0.530 bits per heavy atom. The molecule has 4 N–H and O–H groups in total. The minimum atomic E-state index is -4.62. The largest absolute Gasteiger partial charge is 0.462 e. The van der Waals surface area contributed by atoms with Crippen molar-refractivity contribution in [1.29, 1.82) is 0 Å². The fourth-order valence-corrected chi connectivity index (χ4v) is 7.54. The van der Waals surface area contributed by atoms with Crippen LogP contribution in [0.15, 0.2) is 97.2 Å². The highest BCUT2D eigenvalue weighted by Gasteiger charge is 2.46. The predicted molar refractivity (Wildman–Crippen MR) is 265 cm³/mol. The van der Waals surface area contributed by atoms with Crippen LogP contribution in [0.1, 0.15) is 168 Å². The van der Waals surface area contributed by atoms with E-state index in [-0.39, 0.29) is 19.4 Å². The highest BCUT2D eigenvalue weighted by molar-refractivity contribution is 7.85. The summed E-state index contributed by atoms with van der Waals surface area (Å²) in [6.07, 6.45) is 47.4. The number of aliphatic hydroxyl groups is 3. The summed E-state index contributed by atoms with van der Waals surface area (Å²) in [7, 11) is -4.62. The van der Waals surface area contributed by atoms with Crippen LogP contribution in [-0.2, 0) is 38.7 Å². The van der Waals surface area contributed by atoms with Gasteiger partial charge in [-0.1, -0.05) is 169 Å². The number of allylic oxidation sites excluding steroid dienone is 16. The smallest absolute Gasteiger partial charge is 0.306 e. The van der Waals surface area contributed by atoms with Gasteiger partial charge in [0.15, 0.2) is 12.4 Å². The summed E-state index contributed by atoms with van der Waals surface area (Å²) in [4.78, 5) is 25.5. The van der Waals surface area contributed by atoms with Crippen molar-refractivity contribution in [2.75, 3.05) is 19.0 Å². The maximum atomic E-state index is 12.8. The first-order valence-electron chi connectivity index (χ1n) is 24.8. The molecule has 1 aliphatic heterocycles. The summed E-state index contributed by atoms with van der Waals surface area (Å²) in [5.41, 5.74) is 0. The number of carbonyl (C=O) groups is 2. The minimum absolute atomic E-state index is 0.0329. The Labute approximate surface area is 398 Å². The zero-order chi connectivity index (χ0) is 48.4. The monoisotopic (exact) mass is 947 g/mol. The van der Waals surface area contributed by atoms with Crippen molar-refractivity contribution < 1.29 is 56.8 Å². The van der Waals surface area contributed by atoms with Gasteiger partial charge in [-0.15, -0.1) is 0 Å². The average molecular weight is 947 g/mol. The molecule has 0 radical (unpaired) electrons. The zero-order valence-electron chi connectivity index (χ0n) is 40.3. The molecule has 0 aromatic carbocycles. The van der Waals surface area contributed by atoms with E-state index in [1.165, 1.54) is 57.8 Å². The van der Waals surface area contributed by atoms with E-state index in [0.717, 1.165) is 64.2 Å². The van der Waals surface area contributed by atoms with Crippen LogP contribution in [0.5, 0.6) is 0 Å².